The Morgan fingerprint density at radius 3 is 2.08 bits per heavy atom. The van der Waals surface area contributed by atoms with Gasteiger partial charge in [-0.3, -0.25) is 0 Å². The van der Waals surface area contributed by atoms with E-state index in [0.717, 1.165) is 11.2 Å². The lowest BCUT2D eigenvalue weighted by atomic mass is 10.1. The quantitative estimate of drug-likeness (QED) is 0.351. The van der Waals surface area contributed by atoms with Crippen LogP contribution in [0.1, 0.15) is 51.9 Å². The highest BCUT2D eigenvalue weighted by Gasteiger charge is 1.90. The van der Waals surface area contributed by atoms with Gasteiger partial charge in [0.15, 0.2) is 0 Å². The summed E-state index contributed by atoms with van der Waals surface area (Å²) in [5, 5.41) is 0. The van der Waals surface area contributed by atoms with E-state index in [1.165, 1.54) is 44.9 Å². The van der Waals surface area contributed by atoms with Crippen molar-refractivity contribution >= 4 is 22.6 Å². The van der Waals surface area contributed by atoms with E-state index in [1.807, 2.05) is 0 Å². The molecule has 0 spiro atoms. The summed E-state index contributed by atoms with van der Waals surface area (Å²) in [5.74, 6) is 0. The van der Waals surface area contributed by atoms with Crippen molar-refractivity contribution in [3.05, 3.63) is 0 Å². The fraction of sp³-hybridized carbons (Fsp3) is 1.00. The van der Waals surface area contributed by atoms with Crippen LogP contribution in [-0.4, -0.2) is 11.2 Å². The van der Waals surface area contributed by atoms with Crippen LogP contribution in [0.25, 0.3) is 0 Å². The van der Waals surface area contributed by atoms with Gasteiger partial charge in [-0.05, 0) is 6.42 Å². The molecular formula is C10H21IO. The summed E-state index contributed by atoms with van der Waals surface area (Å²) in [6.07, 6.45) is 9.57. The van der Waals surface area contributed by atoms with E-state index in [9.17, 15) is 0 Å². The van der Waals surface area contributed by atoms with E-state index in [2.05, 4.69) is 29.5 Å². The maximum Gasteiger partial charge on any atom is 0.0979 e. The molecule has 1 nitrogen and oxygen atoms in total. The molecule has 0 aliphatic carbocycles. The van der Waals surface area contributed by atoms with Crippen molar-refractivity contribution in [3.8, 4) is 0 Å². The van der Waals surface area contributed by atoms with E-state index in [4.69, 9.17) is 4.74 Å². The Kier molecular flexibility index (Phi) is 12.4. The fourth-order valence-corrected chi connectivity index (χ4v) is 1.53. The standard InChI is InChI=1S/C10H21IO/c1-2-3-4-5-6-7-8-9-12-10-11/h2-10H2,1H3. The van der Waals surface area contributed by atoms with Crippen LogP contribution in [0.15, 0.2) is 0 Å². The van der Waals surface area contributed by atoms with Gasteiger partial charge in [0.05, 0.1) is 4.61 Å². The lowest BCUT2D eigenvalue weighted by molar-refractivity contribution is 0.184. The first-order valence-electron chi connectivity index (χ1n) is 5.05. The van der Waals surface area contributed by atoms with Gasteiger partial charge in [-0.2, -0.15) is 0 Å². The summed E-state index contributed by atoms with van der Waals surface area (Å²) in [4.78, 5) is 0. The first-order valence-corrected chi connectivity index (χ1v) is 6.58. The summed E-state index contributed by atoms with van der Waals surface area (Å²) in [6, 6.07) is 0. The van der Waals surface area contributed by atoms with Gasteiger partial charge < -0.3 is 4.74 Å². The van der Waals surface area contributed by atoms with Crippen molar-refractivity contribution in [3.63, 3.8) is 0 Å². The van der Waals surface area contributed by atoms with E-state index >= 15 is 0 Å². The number of rotatable bonds is 9. The van der Waals surface area contributed by atoms with Crippen LogP contribution in [-0.2, 0) is 4.74 Å². The Labute approximate surface area is 90.4 Å². The number of unbranched alkanes of at least 4 members (excludes halogenated alkanes) is 6. The Morgan fingerprint density at radius 2 is 1.50 bits per heavy atom. The van der Waals surface area contributed by atoms with Crippen LogP contribution in [0.5, 0.6) is 0 Å². The first-order chi connectivity index (χ1) is 5.91. The monoisotopic (exact) mass is 284 g/mol. The molecule has 0 rings (SSSR count). The number of hydrogen-bond donors (Lipinski definition) is 0. The molecule has 12 heavy (non-hydrogen) atoms. The molecule has 0 atom stereocenters. The average molecular weight is 284 g/mol. The molecule has 0 aromatic rings. The van der Waals surface area contributed by atoms with Gasteiger partial charge in [-0.1, -0.05) is 68.0 Å². The third-order valence-corrected chi connectivity index (χ3v) is 2.41. The topological polar surface area (TPSA) is 9.23 Å². The lowest BCUT2D eigenvalue weighted by Gasteiger charge is -2.00. The van der Waals surface area contributed by atoms with Crippen molar-refractivity contribution < 1.29 is 4.74 Å². The lowest BCUT2D eigenvalue weighted by Crippen LogP contribution is -1.91. The second-order valence-electron chi connectivity index (χ2n) is 3.14. The third-order valence-electron chi connectivity index (χ3n) is 1.97. The van der Waals surface area contributed by atoms with Crippen LogP contribution >= 0.6 is 22.6 Å². The van der Waals surface area contributed by atoms with Gasteiger partial charge in [-0.15, -0.1) is 0 Å². The molecule has 2 heteroatoms. The minimum Gasteiger partial charge on any atom is -0.371 e. The molecule has 0 aromatic carbocycles. The number of hydrogen-bond acceptors (Lipinski definition) is 1. The molecule has 0 radical (unpaired) electrons. The van der Waals surface area contributed by atoms with Crippen LogP contribution in [0, 0.1) is 0 Å². The summed E-state index contributed by atoms with van der Waals surface area (Å²) >= 11 is 2.24. The molecule has 0 amide bonds. The van der Waals surface area contributed by atoms with Crippen LogP contribution < -0.4 is 0 Å². The highest BCUT2D eigenvalue weighted by Crippen LogP contribution is 2.06. The summed E-state index contributed by atoms with van der Waals surface area (Å²) < 4.78 is 6.09. The normalized spacial score (nSPS) is 10.5. The molecule has 0 N–H and O–H groups in total. The highest BCUT2D eigenvalue weighted by molar-refractivity contribution is 14.1. The predicted molar refractivity (Wildman–Crippen MR) is 62.8 cm³/mol. The number of alkyl halides is 1. The third kappa shape index (κ3) is 10.7. The maximum atomic E-state index is 5.25. The van der Waals surface area contributed by atoms with Gasteiger partial charge in [0, 0.05) is 6.61 Å². The van der Waals surface area contributed by atoms with E-state index in [-0.39, 0.29) is 0 Å². The van der Waals surface area contributed by atoms with Crippen LogP contribution in [0.2, 0.25) is 0 Å². The summed E-state index contributed by atoms with van der Waals surface area (Å²) in [7, 11) is 0. The zero-order valence-corrected chi connectivity index (χ0v) is 10.3. The average Bonchev–Trinajstić information content (AvgIpc) is 2.10. The molecule has 0 bridgehead atoms. The second-order valence-corrected chi connectivity index (χ2v) is 3.76. The smallest absolute Gasteiger partial charge is 0.0979 e. The molecular weight excluding hydrogens is 263 g/mol. The maximum absolute atomic E-state index is 5.25. The van der Waals surface area contributed by atoms with Crippen molar-refractivity contribution in [2.24, 2.45) is 0 Å². The molecule has 0 aromatic heterocycles. The minimum absolute atomic E-state index is 0.841. The van der Waals surface area contributed by atoms with Gasteiger partial charge >= 0.3 is 0 Å². The predicted octanol–water partition coefficient (Wildman–Crippen LogP) is 4.15. The highest BCUT2D eigenvalue weighted by atomic mass is 127. The molecule has 0 unspecified atom stereocenters. The van der Waals surface area contributed by atoms with Crippen molar-refractivity contribution in [1.82, 2.24) is 0 Å². The van der Waals surface area contributed by atoms with Gasteiger partial charge in [-0.25, -0.2) is 0 Å². The van der Waals surface area contributed by atoms with Crippen LogP contribution in [0.4, 0.5) is 0 Å². The second kappa shape index (κ2) is 11.7. The molecule has 0 aliphatic heterocycles. The molecule has 0 saturated heterocycles. The van der Waals surface area contributed by atoms with Crippen molar-refractivity contribution in [1.29, 1.82) is 0 Å². The Morgan fingerprint density at radius 1 is 0.917 bits per heavy atom. The zero-order chi connectivity index (χ0) is 9.07. The molecule has 0 fully saturated rings. The molecule has 0 saturated carbocycles. The Balaban J connectivity index is 2.73. The molecule has 74 valence electrons. The summed E-state index contributed by atoms with van der Waals surface area (Å²) in [5.41, 5.74) is 0. The van der Waals surface area contributed by atoms with Gasteiger partial charge in [0.1, 0.15) is 0 Å². The van der Waals surface area contributed by atoms with Gasteiger partial charge in [0.2, 0.25) is 0 Å². The molecule has 0 aliphatic rings. The number of halogens is 1. The zero-order valence-electron chi connectivity index (χ0n) is 8.15. The van der Waals surface area contributed by atoms with Crippen LogP contribution in [0.3, 0.4) is 0 Å². The van der Waals surface area contributed by atoms with E-state index < -0.39 is 0 Å². The molecule has 0 heterocycles. The Hall–Kier alpha value is 0.690. The van der Waals surface area contributed by atoms with Crippen molar-refractivity contribution in [2.45, 2.75) is 51.9 Å². The largest absolute Gasteiger partial charge is 0.371 e. The Bertz CT molecular complexity index is 66.2. The van der Waals surface area contributed by atoms with E-state index in [0.29, 0.717) is 0 Å². The summed E-state index contributed by atoms with van der Waals surface area (Å²) in [6.45, 7) is 3.21. The fourth-order valence-electron chi connectivity index (χ4n) is 1.22. The SMILES string of the molecule is CCCCCCCCCOCI. The van der Waals surface area contributed by atoms with Gasteiger partial charge in [0.25, 0.3) is 0 Å². The van der Waals surface area contributed by atoms with Crippen molar-refractivity contribution in [2.75, 3.05) is 11.2 Å². The first kappa shape index (κ1) is 12.7. The van der Waals surface area contributed by atoms with E-state index in [1.54, 1.807) is 0 Å². The number of ether oxygens (including phenoxy) is 1. The minimum atomic E-state index is 0.841.